The first kappa shape index (κ1) is 44.3. The molecule has 0 aromatic rings. The van der Waals surface area contributed by atoms with Gasteiger partial charge in [0, 0.05) is 16.8 Å². The molecule has 0 heterocycles. The Bertz CT molecular complexity index is 726. The van der Waals surface area contributed by atoms with Gasteiger partial charge in [0.15, 0.2) is 19.3 Å². The molecule has 0 aromatic heterocycles. The molecule has 0 fully saturated rings. The van der Waals surface area contributed by atoms with Crippen molar-refractivity contribution in [3.8, 4) is 0 Å². The third kappa shape index (κ3) is 20.2. The second-order valence-electron chi connectivity index (χ2n) is 6.20. The Morgan fingerprint density at radius 1 is 0.275 bits per heavy atom. The summed E-state index contributed by atoms with van der Waals surface area (Å²) in [6.45, 7) is 0. The van der Waals surface area contributed by atoms with Gasteiger partial charge in [0.1, 0.15) is 0 Å². The van der Waals surface area contributed by atoms with Gasteiger partial charge in [-0.25, -0.2) is 0 Å². The average molecular weight is 689 g/mol. The number of alkyl halides is 18. The molecule has 0 spiro atoms. The molecule has 0 aliphatic rings. The monoisotopic (exact) mass is 689 g/mol. The van der Waals surface area contributed by atoms with E-state index in [2.05, 4.69) is 0 Å². The summed E-state index contributed by atoms with van der Waals surface area (Å²) in [6.07, 6.45) is -37.4. The van der Waals surface area contributed by atoms with Gasteiger partial charge < -0.3 is 0 Å². The molecule has 0 rings (SSSR count). The maximum absolute atomic E-state index is 11.4. The van der Waals surface area contributed by atoms with Gasteiger partial charge >= 0.3 is 71.8 Å². The molecule has 6 N–H and O–H groups in total. The summed E-state index contributed by atoms with van der Waals surface area (Å²) in [7, 11) is 0. The minimum absolute atomic E-state index is 0. The van der Waals surface area contributed by atoms with E-state index in [9.17, 15) is 79.0 Å². The van der Waals surface area contributed by atoms with Crippen molar-refractivity contribution in [1.82, 2.24) is 0 Å². The quantitative estimate of drug-likeness (QED) is 0.217. The van der Waals surface area contributed by atoms with E-state index in [0.717, 1.165) is 0 Å². The SMILES string of the molecule is [Co].[OH+]=C(CC(=[OH+])C(F)(F)F)C(F)(F)F.[OH+]=C(CC(=[OH+])C(F)(F)F)C(F)(F)F.[OH+]=C(CC(=[OH+])C(F)(F)F)C(F)(F)F. The van der Waals surface area contributed by atoms with Crippen LogP contribution in [0.15, 0.2) is 0 Å². The van der Waals surface area contributed by atoms with Crippen molar-refractivity contribution in [2.75, 3.05) is 0 Å². The summed E-state index contributed by atoms with van der Waals surface area (Å²) in [5.41, 5.74) is 0. The number of halogens is 18. The number of hydrogen-bond acceptors (Lipinski definition) is 0. The van der Waals surface area contributed by atoms with E-state index in [0.29, 0.717) is 0 Å². The second-order valence-corrected chi connectivity index (χ2v) is 6.20. The molecule has 25 heteroatoms. The van der Waals surface area contributed by atoms with Crippen LogP contribution in [0.3, 0.4) is 0 Å². The zero-order valence-electron chi connectivity index (χ0n) is 17.9. The first-order valence-corrected chi connectivity index (χ1v) is 8.36. The number of ketones is 6. The maximum Gasteiger partial charge on any atom is 0.505 e. The summed E-state index contributed by atoms with van der Waals surface area (Å²) >= 11 is 0. The fraction of sp³-hybridized carbons (Fsp3) is 0.600. The molecule has 6 nitrogen and oxygen atoms in total. The fourth-order valence-corrected chi connectivity index (χ4v) is 1.08. The molecule has 237 valence electrons. The Labute approximate surface area is 216 Å². The fourth-order valence-electron chi connectivity index (χ4n) is 1.08. The van der Waals surface area contributed by atoms with E-state index in [1.54, 1.807) is 0 Å². The van der Waals surface area contributed by atoms with Gasteiger partial charge in [-0.15, -0.1) is 0 Å². The molecular weight excluding hydrogens is 677 g/mol. The van der Waals surface area contributed by atoms with Gasteiger partial charge in [-0.2, -0.15) is 79.0 Å². The molecule has 40 heavy (non-hydrogen) atoms. The molecule has 0 saturated heterocycles. The molecule has 0 aromatic carbocycles. The van der Waals surface area contributed by atoms with Crippen LogP contribution < -0.4 is 0 Å². The Morgan fingerprint density at radius 3 is 0.400 bits per heavy atom. The molecule has 0 bridgehead atoms. The summed E-state index contributed by atoms with van der Waals surface area (Å²) in [5.74, 6) is -14.3. The van der Waals surface area contributed by atoms with Crippen LogP contribution in [-0.4, -0.2) is 101 Å². The minimum atomic E-state index is -5.25. The molecule has 0 aliphatic carbocycles. The first-order chi connectivity index (χ1) is 16.6. The van der Waals surface area contributed by atoms with Crippen LogP contribution >= 0.6 is 0 Å². The van der Waals surface area contributed by atoms with Crippen LogP contribution in [0.5, 0.6) is 0 Å². The molecule has 1 radical (unpaired) electrons. The van der Waals surface area contributed by atoms with Crippen LogP contribution in [0, 0.1) is 0 Å². The smallest absolute Gasteiger partial charge is 0.273 e. The Morgan fingerprint density at radius 2 is 0.350 bits per heavy atom. The Hall–Kier alpha value is -2.73. The number of hydrogen-bond donors (Lipinski definition) is 0. The topological polar surface area (TPSA) is 128 Å². The molecule has 0 atom stereocenters. The van der Waals surface area contributed by atoms with Crippen LogP contribution in [0.25, 0.3) is 0 Å². The largest absolute Gasteiger partial charge is 0.505 e. The molecule has 0 aliphatic heterocycles. The van der Waals surface area contributed by atoms with E-state index in [-0.39, 0.29) is 16.8 Å². The maximum atomic E-state index is 11.4. The normalized spacial score (nSPS) is 12.4. The van der Waals surface area contributed by atoms with Crippen molar-refractivity contribution in [1.29, 1.82) is 0 Å². The molecule has 0 unspecified atom stereocenters. The summed E-state index contributed by atoms with van der Waals surface area (Å²) in [5, 5.41) is 0. The number of carbonyl (C=O) groups excluding carboxylic acids is 6. The van der Waals surface area contributed by atoms with E-state index in [4.69, 9.17) is 28.8 Å². The predicted octanol–water partition coefficient (Wildman–Crippen LogP) is 4.77. The average Bonchev–Trinajstić information content (AvgIpc) is 2.64. The minimum Gasteiger partial charge on any atom is -0.273 e. The summed E-state index contributed by atoms with van der Waals surface area (Å²) < 4.78 is 206. The Balaban J connectivity index is -0.000000240. The van der Waals surface area contributed by atoms with E-state index in [1.165, 1.54) is 0 Å². The van der Waals surface area contributed by atoms with Crippen LogP contribution in [-0.2, 0) is 16.8 Å². The zero-order chi connectivity index (χ0) is 32.6. The van der Waals surface area contributed by atoms with E-state index < -0.39 is 91.0 Å². The van der Waals surface area contributed by atoms with Crippen molar-refractivity contribution in [2.45, 2.75) is 56.3 Å². The predicted molar refractivity (Wildman–Crippen MR) is 91.8 cm³/mol. The van der Waals surface area contributed by atoms with Gasteiger partial charge in [-0.3, -0.25) is 28.8 Å². The van der Waals surface area contributed by atoms with Gasteiger partial charge in [0.05, 0.1) is 0 Å². The third-order valence-corrected chi connectivity index (χ3v) is 2.97. The third-order valence-electron chi connectivity index (χ3n) is 2.97. The van der Waals surface area contributed by atoms with E-state index in [1.807, 2.05) is 0 Å². The van der Waals surface area contributed by atoms with E-state index >= 15 is 0 Å². The standard InChI is InChI=1S/3C5H2F6O2.Co/c3*6-4(7,8)2(12)1-3(13)5(9,10)11;/h3*1H2;/p+6. The van der Waals surface area contributed by atoms with Crippen molar-refractivity contribution in [2.24, 2.45) is 0 Å². The zero-order valence-corrected chi connectivity index (χ0v) is 19.0. The van der Waals surface area contributed by atoms with Crippen molar-refractivity contribution in [3.63, 3.8) is 0 Å². The molecule has 0 amide bonds. The van der Waals surface area contributed by atoms with Gasteiger partial charge in [-0.05, 0) is 0 Å². The van der Waals surface area contributed by atoms with Gasteiger partial charge in [-0.1, -0.05) is 0 Å². The van der Waals surface area contributed by atoms with Crippen molar-refractivity contribution < 1.29 is 125 Å². The summed E-state index contributed by atoms with van der Waals surface area (Å²) in [6, 6.07) is 0. The molecule has 0 saturated carbocycles. The van der Waals surface area contributed by atoms with Crippen LogP contribution in [0.4, 0.5) is 79.0 Å². The van der Waals surface area contributed by atoms with Gasteiger partial charge in [0.2, 0.25) is 0 Å². The number of rotatable bonds is 6. The molecular formula is C15H12CoF18O6+6. The Kier molecular flexibility index (Phi) is 17.0. The summed E-state index contributed by atoms with van der Waals surface area (Å²) in [4.78, 5) is 48.2. The first-order valence-electron chi connectivity index (χ1n) is 8.36. The van der Waals surface area contributed by atoms with Crippen molar-refractivity contribution >= 4 is 34.7 Å². The van der Waals surface area contributed by atoms with Crippen LogP contribution in [0.2, 0.25) is 0 Å². The van der Waals surface area contributed by atoms with Gasteiger partial charge in [0.25, 0.3) is 0 Å². The second kappa shape index (κ2) is 15.3. The van der Waals surface area contributed by atoms with Crippen LogP contribution in [0.1, 0.15) is 19.3 Å². The van der Waals surface area contributed by atoms with Crippen molar-refractivity contribution in [3.05, 3.63) is 0 Å².